The van der Waals surface area contributed by atoms with Crippen LogP contribution >= 0.6 is 0 Å². The fraction of sp³-hybridized carbons (Fsp3) is 0.500. The van der Waals surface area contributed by atoms with E-state index in [2.05, 4.69) is 9.97 Å². The van der Waals surface area contributed by atoms with Crippen LogP contribution in [0.1, 0.15) is 18.5 Å². The minimum Gasteiger partial charge on any atom is -0.475 e. The van der Waals surface area contributed by atoms with Crippen molar-refractivity contribution in [2.45, 2.75) is 25.9 Å². The monoisotopic (exact) mass is 194 g/mol. The number of ether oxygens (including phenoxy) is 1. The molecule has 1 aliphatic rings. The lowest BCUT2D eigenvalue weighted by atomic mass is 9.79. The highest BCUT2D eigenvalue weighted by molar-refractivity contribution is 6.60. The molecule has 0 aliphatic heterocycles. The molecule has 0 radical (unpaired) electrons. The molecule has 74 valence electrons. The van der Waals surface area contributed by atoms with Gasteiger partial charge < -0.3 is 14.8 Å². The molecule has 0 spiro atoms. The van der Waals surface area contributed by atoms with Gasteiger partial charge in [0.05, 0.1) is 5.46 Å². The molecule has 1 aromatic rings. The SMILES string of the molecule is Cc1ncnc(OC2CC2)c1B(O)O. The van der Waals surface area contributed by atoms with Crippen LogP contribution in [-0.2, 0) is 0 Å². The van der Waals surface area contributed by atoms with Gasteiger partial charge >= 0.3 is 7.12 Å². The Bertz CT molecular complexity index is 341. The van der Waals surface area contributed by atoms with E-state index in [4.69, 9.17) is 14.8 Å². The molecule has 0 saturated heterocycles. The predicted molar refractivity (Wildman–Crippen MR) is 50.2 cm³/mol. The van der Waals surface area contributed by atoms with Gasteiger partial charge in [0.15, 0.2) is 0 Å². The molecule has 14 heavy (non-hydrogen) atoms. The van der Waals surface area contributed by atoms with E-state index in [1.165, 1.54) is 6.33 Å². The van der Waals surface area contributed by atoms with E-state index in [-0.39, 0.29) is 17.4 Å². The Labute approximate surface area is 81.9 Å². The quantitative estimate of drug-likeness (QED) is 0.604. The van der Waals surface area contributed by atoms with E-state index < -0.39 is 7.12 Å². The third-order valence-corrected chi connectivity index (χ3v) is 2.11. The molecule has 1 saturated carbocycles. The zero-order chi connectivity index (χ0) is 10.1. The van der Waals surface area contributed by atoms with Crippen LogP contribution in [-0.4, -0.2) is 33.2 Å². The molecule has 2 N–H and O–H groups in total. The molecule has 1 aliphatic carbocycles. The van der Waals surface area contributed by atoms with Crippen molar-refractivity contribution in [3.8, 4) is 5.88 Å². The van der Waals surface area contributed by atoms with Crippen molar-refractivity contribution < 1.29 is 14.8 Å². The van der Waals surface area contributed by atoms with Crippen LogP contribution < -0.4 is 10.2 Å². The fourth-order valence-corrected chi connectivity index (χ4v) is 1.20. The highest BCUT2D eigenvalue weighted by Crippen LogP contribution is 2.24. The Kier molecular flexibility index (Phi) is 2.39. The lowest BCUT2D eigenvalue weighted by Gasteiger charge is -2.10. The summed E-state index contributed by atoms with van der Waals surface area (Å²) in [6, 6.07) is 0. The summed E-state index contributed by atoms with van der Waals surface area (Å²) < 4.78 is 5.43. The van der Waals surface area contributed by atoms with Gasteiger partial charge in [-0.15, -0.1) is 0 Å². The van der Waals surface area contributed by atoms with Gasteiger partial charge in [-0.3, -0.25) is 0 Å². The third-order valence-electron chi connectivity index (χ3n) is 2.11. The first-order valence-corrected chi connectivity index (χ1v) is 4.53. The van der Waals surface area contributed by atoms with Gasteiger partial charge in [-0.05, 0) is 19.8 Å². The van der Waals surface area contributed by atoms with Gasteiger partial charge in [0.2, 0.25) is 5.88 Å². The first kappa shape index (κ1) is 9.42. The first-order chi connectivity index (χ1) is 6.68. The Morgan fingerprint density at radius 2 is 2.14 bits per heavy atom. The summed E-state index contributed by atoms with van der Waals surface area (Å²) in [6.07, 6.45) is 3.55. The van der Waals surface area contributed by atoms with E-state index in [1.54, 1.807) is 6.92 Å². The summed E-state index contributed by atoms with van der Waals surface area (Å²) in [5.74, 6) is 0.287. The van der Waals surface area contributed by atoms with Crippen LogP contribution in [0, 0.1) is 6.92 Å². The zero-order valence-electron chi connectivity index (χ0n) is 7.84. The van der Waals surface area contributed by atoms with E-state index in [0.29, 0.717) is 5.69 Å². The number of hydrogen-bond acceptors (Lipinski definition) is 5. The van der Waals surface area contributed by atoms with Gasteiger partial charge in [-0.2, -0.15) is 0 Å². The van der Waals surface area contributed by atoms with Crippen molar-refractivity contribution in [3.05, 3.63) is 12.0 Å². The lowest BCUT2D eigenvalue weighted by molar-refractivity contribution is 0.291. The molecule has 0 bridgehead atoms. The minimum atomic E-state index is -1.58. The number of nitrogens with zero attached hydrogens (tertiary/aromatic N) is 2. The fourth-order valence-electron chi connectivity index (χ4n) is 1.20. The Balaban J connectivity index is 2.30. The molecular formula is C8H11BN2O3. The largest absolute Gasteiger partial charge is 0.495 e. The molecule has 6 heteroatoms. The summed E-state index contributed by atoms with van der Waals surface area (Å²) in [6.45, 7) is 1.69. The van der Waals surface area contributed by atoms with Crippen molar-refractivity contribution >= 4 is 12.6 Å². The second-order valence-electron chi connectivity index (χ2n) is 3.37. The Morgan fingerprint density at radius 1 is 1.43 bits per heavy atom. The maximum absolute atomic E-state index is 9.11. The standard InChI is InChI=1S/C8H11BN2O3/c1-5-7(9(12)13)8(11-4-10-5)14-6-2-3-6/h4,6,12-13H,2-3H2,1H3. The summed E-state index contributed by atoms with van der Waals surface area (Å²) in [5, 5.41) is 18.2. The average Bonchev–Trinajstić information content (AvgIpc) is 2.87. The molecule has 5 nitrogen and oxygen atoms in total. The van der Waals surface area contributed by atoms with Crippen LogP contribution in [0.5, 0.6) is 5.88 Å². The van der Waals surface area contributed by atoms with Gasteiger partial charge in [-0.1, -0.05) is 0 Å². The van der Waals surface area contributed by atoms with Crippen LogP contribution in [0.15, 0.2) is 6.33 Å². The molecule has 2 rings (SSSR count). The predicted octanol–water partition coefficient (Wildman–Crippen LogP) is -0.994. The van der Waals surface area contributed by atoms with E-state index in [0.717, 1.165) is 12.8 Å². The second kappa shape index (κ2) is 3.55. The smallest absolute Gasteiger partial charge is 0.475 e. The summed E-state index contributed by atoms with van der Waals surface area (Å²) in [4.78, 5) is 7.77. The molecular weight excluding hydrogens is 183 g/mol. The van der Waals surface area contributed by atoms with Gasteiger partial charge in [0.25, 0.3) is 0 Å². The van der Waals surface area contributed by atoms with Crippen molar-refractivity contribution in [1.29, 1.82) is 0 Å². The number of aromatic nitrogens is 2. The second-order valence-corrected chi connectivity index (χ2v) is 3.37. The third kappa shape index (κ3) is 1.86. The summed E-state index contributed by atoms with van der Waals surface area (Å²) in [5.41, 5.74) is 0.796. The van der Waals surface area contributed by atoms with E-state index in [1.807, 2.05) is 0 Å². The normalized spacial score (nSPS) is 15.4. The maximum atomic E-state index is 9.11. The molecule has 1 heterocycles. The molecule has 0 amide bonds. The molecule has 0 aromatic carbocycles. The number of hydrogen-bond donors (Lipinski definition) is 2. The van der Waals surface area contributed by atoms with E-state index >= 15 is 0 Å². The summed E-state index contributed by atoms with van der Waals surface area (Å²) >= 11 is 0. The highest BCUT2D eigenvalue weighted by Gasteiger charge is 2.28. The summed E-state index contributed by atoms with van der Waals surface area (Å²) in [7, 11) is -1.58. The number of rotatable bonds is 3. The molecule has 0 unspecified atom stereocenters. The zero-order valence-corrected chi connectivity index (χ0v) is 7.84. The lowest BCUT2D eigenvalue weighted by Crippen LogP contribution is -2.35. The van der Waals surface area contributed by atoms with Crippen molar-refractivity contribution in [3.63, 3.8) is 0 Å². The Morgan fingerprint density at radius 3 is 2.71 bits per heavy atom. The van der Waals surface area contributed by atoms with Crippen molar-refractivity contribution in [2.24, 2.45) is 0 Å². The van der Waals surface area contributed by atoms with Crippen LogP contribution in [0.2, 0.25) is 0 Å². The van der Waals surface area contributed by atoms with E-state index in [9.17, 15) is 0 Å². The van der Waals surface area contributed by atoms with Gasteiger partial charge in [0, 0.05) is 5.69 Å². The first-order valence-electron chi connectivity index (χ1n) is 4.53. The highest BCUT2D eigenvalue weighted by atomic mass is 16.5. The van der Waals surface area contributed by atoms with Gasteiger partial charge in [0.1, 0.15) is 12.4 Å². The van der Waals surface area contributed by atoms with Crippen molar-refractivity contribution in [1.82, 2.24) is 9.97 Å². The average molecular weight is 194 g/mol. The topological polar surface area (TPSA) is 75.5 Å². The van der Waals surface area contributed by atoms with Crippen LogP contribution in [0.3, 0.4) is 0 Å². The Hall–Kier alpha value is -1.14. The van der Waals surface area contributed by atoms with Crippen LogP contribution in [0.4, 0.5) is 0 Å². The van der Waals surface area contributed by atoms with Gasteiger partial charge in [-0.25, -0.2) is 9.97 Å². The maximum Gasteiger partial charge on any atom is 0.495 e. The number of aryl methyl sites for hydroxylation is 1. The minimum absolute atomic E-state index is 0.182. The molecule has 1 fully saturated rings. The van der Waals surface area contributed by atoms with Crippen LogP contribution in [0.25, 0.3) is 0 Å². The molecule has 0 atom stereocenters. The molecule has 1 aromatic heterocycles. The van der Waals surface area contributed by atoms with Crippen molar-refractivity contribution in [2.75, 3.05) is 0 Å².